The number of imidazole rings is 2. The third-order valence-corrected chi connectivity index (χ3v) is 12.0. The molecule has 10 atom stereocenters. The molecule has 22 nitrogen and oxygen atoms in total. The van der Waals surface area contributed by atoms with Gasteiger partial charge in [-0.15, -0.1) is 0 Å². The second kappa shape index (κ2) is 15.3. The first-order chi connectivity index (χ1) is 26.3. The van der Waals surface area contributed by atoms with Crippen LogP contribution < -0.4 is 21.8 Å². The number of aromatic nitrogens is 8. The van der Waals surface area contributed by atoms with E-state index in [0.29, 0.717) is 0 Å². The van der Waals surface area contributed by atoms with E-state index in [-0.39, 0.29) is 34.2 Å². The lowest BCUT2D eigenvalue weighted by atomic mass is 10.1. The molecule has 7 rings (SSSR count). The number of fused-ring (bicyclic) bond motifs is 6. The number of amides is 2. The zero-order valence-electron chi connectivity index (χ0n) is 29.5. The number of H-pyrrole nitrogens is 2. The summed E-state index contributed by atoms with van der Waals surface area (Å²) in [6.45, 7) is -4.59. The Morgan fingerprint density at radius 1 is 0.768 bits per heavy atom. The van der Waals surface area contributed by atoms with Gasteiger partial charge in [0.1, 0.15) is 24.4 Å². The van der Waals surface area contributed by atoms with Crippen molar-refractivity contribution in [3.05, 3.63) is 33.4 Å². The molecule has 0 saturated carbocycles. The largest absolute Gasteiger partial charge is 0.386 e. The summed E-state index contributed by atoms with van der Waals surface area (Å²) in [7, 11) is 0. The number of carbonyl (C=O) groups is 2. The number of aromatic amines is 2. The minimum absolute atomic E-state index is 0.203. The number of nitrogens with one attached hydrogen (secondary N) is 4. The van der Waals surface area contributed by atoms with Crippen LogP contribution in [0, 0.1) is 11.8 Å². The zero-order chi connectivity index (χ0) is 40.4. The summed E-state index contributed by atoms with van der Waals surface area (Å²) in [5, 5.41) is 4.90. The van der Waals surface area contributed by atoms with Gasteiger partial charge in [0.2, 0.25) is 23.7 Å². The van der Waals surface area contributed by atoms with E-state index in [9.17, 15) is 28.3 Å². The van der Waals surface area contributed by atoms with Crippen molar-refractivity contribution >= 4 is 84.1 Å². The summed E-state index contributed by atoms with van der Waals surface area (Å²) in [5.41, 5.74) is -2.43. The van der Waals surface area contributed by atoms with Crippen LogP contribution in [0.25, 0.3) is 22.3 Å². The van der Waals surface area contributed by atoms with Crippen molar-refractivity contribution in [1.29, 1.82) is 0 Å². The summed E-state index contributed by atoms with van der Waals surface area (Å²) in [5.74, 6) is -2.44. The molecule has 3 aliphatic heterocycles. The second-order valence-electron chi connectivity index (χ2n) is 13.5. The van der Waals surface area contributed by atoms with Crippen molar-refractivity contribution < 1.29 is 55.1 Å². The Balaban J connectivity index is 1.20. The van der Waals surface area contributed by atoms with Crippen LogP contribution in [-0.4, -0.2) is 101 Å². The number of carbonyl (C=O) groups excluding carboxylic acids is 2. The molecule has 4 aromatic rings. The smallest absolute Gasteiger partial charge is 0.346 e. The van der Waals surface area contributed by atoms with Crippen LogP contribution in [0.3, 0.4) is 0 Å². The maximum atomic E-state index is 16.2. The number of hydrogen-bond acceptors (Lipinski definition) is 16. The maximum absolute atomic E-state index is 16.2. The molecule has 0 radical (unpaired) electrons. The lowest BCUT2D eigenvalue weighted by molar-refractivity contribution is -0.119. The zero-order valence-corrected chi connectivity index (χ0v) is 33.0. The number of rotatable bonds is 6. The van der Waals surface area contributed by atoms with Gasteiger partial charge in [-0.25, -0.2) is 27.9 Å². The van der Waals surface area contributed by atoms with Crippen molar-refractivity contribution in [2.24, 2.45) is 11.8 Å². The third-order valence-electron chi connectivity index (χ3n) is 8.79. The summed E-state index contributed by atoms with van der Waals surface area (Å²) in [6.07, 6.45) is -12.6. The summed E-state index contributed by atoms with van der Waals surface area (Å²) in [6, 6.07) is 0. The Hall–Kier alpha value is -3.58. The van der Waals surface area contributed by atoms with Crippen LogP contribution in [-0.2, 0) is 46.3 Å². The van der Waals surface area contributed by atoms with Crippen molar-refractivity contribution in [2.45, 2.75) is 76.9 Å². The molecule has 4 aromatic heterocycles. The molecule has 56 heavy (non-hydrogen) atoms. The fourth-order valence-electron chi connectivity index (χ4n) is 5.90. The van der Waals surface area contributed by atoms with Gasteiger partial charge in [-0.05, 0) is 0 Å². The van der Waals surface area contributed by atoms with Crippen molar-refractivity contribution in [3.63, 3.8) is 0 Å². The van der Waals surface area contributed by atoms with E-state index in [4.69, 9.17) is 27.6 Å². The lowest BCUT2D eigenvalue weighted by Crippen LogP contribution is -2.34. The predicted molar refractivity (Wildman–Crippen MR) is 196 cm³/mol. The highest BCUT2D eigenvalue weighted by atomic mass is 32.7. The average molecular weight is 867 g/mol. The Kier molecular flexibility index (Phi) is 11.1. The first-order valence-corrected chi connectivity index (χ1v) is 22.2. The number of halogens is 2. The molecular weight excluding hydrogens is 832 g/mol. The number of alkyl halides is 2. The minimum Gasteiger partial charge on any atom is -0.346 e. The number of hydrogen-bond donors (Lipinski definition) is 6. The molecule has 304 valence electrons. The summed E-state index contributed by atoms with van der Waals surface area (Å²) < 4.78 is 95.7. The first kappa shape index (κ1) is 40.6. The summed E-state index contributed by atoms with van der Waals surface area (Å²) in [4.78, 5) is 71.5. The number of ether oxygens (including phenoxy) is 2. The molecule has 2 amide bonds. The van der Waals surface area contributed by atoms with Gasteiger partial charge in [0.25, 0.3) is 11.1 Å². The monoisotopic (exact) mass is 866 g/mol. The van der Waals surface area contributed by atoms with E-state index in [1.807, 2.05) is 0 Å². The van der Waals surface area contributed by atoms with Gasteiger partial charge in [0, 0.05) is 11.8 Å². The average Bonchev–Trinajstić information content (AvgIpc) is 3.87. The SMILES string of the molecule is CC(C)C(=O)Nc1nc2c(ncn2[C@@H]2O[C@@H]3COP(=O)(S)O[C@@H]4[C@@H](F)[C@@H](COP(=O)(S)O[C@@H]2[C@H]3F)O[C@H]4n2cnc3c(=O)[nH]c(NC(=O)C(C)C)nc32)c(=O)[nH]1. The molecule has 28 heteroatoms. The predicted octanol–water partition coefficient (Wildman–Crippen LogP) is 2.81. The molecule has 4 N–H and O–H groups in total. The van der Waals surface area contributed by atoms with Gasteiger partial charge in [0.05, 0.1) is 25.9 Å². The maximum Gasteiger partial charge on any atom is 0.386 e. The van der Waals surface area contributed by atoms with E-state index in [1.54, 1.807) is 27.7 Å². The standard InChI is InChI=1S/C28H34F2N10O12P2S2/c1-9(2)21(41)35-27-33-19-15(23(43)37-27)31-7-39(19)25-17-13(29)11(49-25)5-47-54(46,56)52-18-14(30)12(6-48-53(45,55)51-17)50-26(18)40-8-32-16-20(40)34-28(38-24(16)44)36-22(42)10(3)4/h7-14,17-18,25-26H,5-6H2,1-4H3,(H,45,55)(H,46,56)(H2,33,35,37,41,43)(H2,34,36,38,42,44)/t11-,12-,13+,14+,17-,18-,25-,26-,53?,54?/m1/s1. The van der Waals surface area contributed by atoms with E-state index >= 15 is 8.78 Å². The molecule has 0 spiro atoms. The van der Waals surface area contributed by atoms with Crippen LogP contribution >= 0.6 is 38.1 Å². The molecule has 3 saturated heterocycles. The third kappa shape index (κ3) is 7.95. The van der Waals surface area contributed by atoms with Crippen LogP contribution in [0.1, 0.15) is 40.2 Å². The fourth-order valence-corrected chi connectivity index (χ4v) is 8.80. The Morgan fingerprint density at radius 2 is 1.14 bits per heavy atom. The van der Waals surface area contributed by atoms with Crippen LogP contribution in [0.5, 0.6) is 0 Å². The van der Waals surface area contributed by atoms with E-state index in [1.165, 1.54) is 0 Å². The van der Waals surface area contributed by atoms with Crippen molar-refractivity contribution in [2.75, 3.05) is 23.8 Å². The Bertz CT molecular complexity index is 2250. The lowest BCUT2D eigenvalue weighted by Gasteiger charge is -2.25. The van der Waals surface area contributed by atoms with Gasteiger partial charge in [-0.3, -0.25) is 67.0 Å². The van der Waals surface area contributed by atoms with Gasteiger partial charge >= 0.3 is 13.6 Å². The Labute approximate surface area is 323 Å². The van der Waals surface area contributed by atoms with Crippen molar-refractivity contribution in [3.8, 4) is 0 Å². The van der Waals surface area contributed by atoms with Crippen molar-refractivity contribution in [1.82, 2.24) is 39.0 Å². The molecule has 3 fully saturated rings. The quantitative estimate of drug-likeness (QED) is 0.120. The minimum atomic E-state index is -4.65. The van der Waals surface area contributed by atoms with Gasteiger partial charge in [0.15, 0.2) is 47.1 Å². The molecule has 7 heterocycles. The number of thiol groups is 2. The van der Waals surface area contributed by atoms with Gasteiger partial charge in [-0.2, -0.15) is 9.97 Å². The normalized spacial score (nSPS) is 32.6. The molecule has 2 unspecified atom stereocenters. The fraction of sp³-hybridized carbons (Fsp3) is 0.571. The topological polar surface area (TPSA) is 275 Å². The molecule has 4 bridgehead atoms. The van der Waals surface area contributed by atoms with Gasteiger partial charge < -0.3 is 9.47 Å². The number of nitrogens with zero attached hydrogens (tertiary/aromatic N) is 6. The molecule has 3 aliphatic rings. The van der Waals surface area contributed by atoms with E-state index in [2.05, 4.69) is 65.0 Å². The summed E-state index contributed by atoms with van der Waals surface area (Å²) >= 11 is 7.99. The highest BCUT2D eigenvalue weighted by molar-refractivity contribution is 8.44. The van der Waals surface area contributed by atoms with E-state index in [0.717, 1.165) is 21.8 Å². The van der Waals surface area contributed by atoms with E-state index < -0.39 is 111 Å². The number of anilines is 2. The van der Waals surface area contributed by atoms with Crippen LogP contribution in [0.15, 0.2) is 22.2 Å². The van der Waals surface area contributed by atoms with Crippen LogP contribution in [0.2, 0.25) is 0 Å². The highest BCUT2D eigenvalue weighted by Crippen LogP contribution is 2.60. The Morgan fingerprint density at radius 3 is 1.50 bits per heavy atom. The molecular formula is C28H34F2N10O12P2S2. The molecule has 0 aromatic carbocycles. The highest BCUT2D eigenvalue weighted by Gasteiger charge is 2.54. The first-order valence-electron chi connectivity index (χ1n) is 16.8. The second-order valence-corrected chi connectivity index (χ2v) is 19.2. The molecule has 0 aliphatic carbocycles. The van der Waals surface area contributed by atoms with Gasteiger partial charge in [-0.1, -0.05) is 52.2 Å². The van der Waals surface area contributed by atoms with Crippen LogP contribution in [0.4, 0.5) is 20.7 Å².